The molecule has 1 amide bonds. The van der Waals surface area contributed by atoms with Crippen LogP contribution in [0, 0.1) is 0 Å². The number of thioether (sulfide) groups is 1. The van der Waals surface area contributed by atoms with Crippen molar-refractivity contribution in [2.45, 2.75) is 50.4 Å². The Balaban J connectivity index is 1.38. The van der Waals surface area contributed by atoms with Crippen LogP contribution in [0.25, 0.3) is 11.4 Å². The quantitative estimate of drug-likeness (QED) is 0.442. The van der Waals surface area contributed by atoms with E-state index in [1.807, 2.05) is 35.8 Å². The zero-order chi connectivity index (χ0) is 21.6. The van der Waals surface area contributed by atoms with E-state index in [4.69, 9.17) is 16.3 Å². The molecule has 0 radical (unpaired) electrons. The number of carbonyl (C=O) groups is 1. The van der Waals surface area contributed by atoms with Gasteiger partial charge in [-0.25, -0.2) is 0 Å². The minimum atomic E-state index is -0.104. The average Bonchev–Trinajstić information content (AvgIpc) is 3.44. The molecule has 1 aromatic heterocycles. The maximum Gasteiger partial charge on any atom is 0.234 e. The van der Waals surface area contributed by atoms with E-state index < -0.39 is 0 Å². The summed E-state index contributed by atoms with van der Waals surface area (Å²) in [5, 5.41) is 12.9. The molecule has 31 heavy (non-hydrogen) atoms. The zero-order valence-corrected chi connectivity index (χ0v) is 19.0. The molecule has 1 heterocycles. The van der Waals surface area contributed by atoms with E-state index in [1.165, 1.54) is 24.6 Å². The van der Waals surface area contributed by atoms with Gasteiger partial charge in [0, 0.05) is 22.8 Å². The lowest BCUT2D eigenvalue weighted by Crippen LogP contribution is -2.14. The molecule has 6 nitrogen and oxygen atoms in total. The number of benzene rings is 2. The smallest absolute Gasteiger partial charge is 0.234 e. The van der Waals surface area contributed by atoms with Gasteiger partial charge in [0.05, 0.1) is 11.9 Å². The second-order valence-corrected chi connectivity index (χ2v) is 8.82. The third-order valence-electron chi connectivity index (χ3n) is 5.21. The number of carbonyl (C=O) groups excluding carboxylic acids is 1. The summed E-state index contributed by atoms with van der Waals surface area (Å²) in [4.78, 5) is 12.3. The van der Waals surface area contributed by atoms with Crippen molar-refractivity contribution in [3.63, 3.8) is 0 Å². The highest BCUT2D eigenvalue weighted by atomic mass is 35.5. The van der Waals surface area contributed by atoms with E-state index in [9.17, 15) is 4.79 Å². The number of anilines is 1. The second kappa shape index (κ2) is 10.2. The first-order valence-electron chi connectivity index (χ1n) is 10.5. The van der Waals surface area contributed by atoms with E-state index in [1.54, 1.807) is 24.3 Å². The van der Waals surface area contributed by atoms with Crippen LogP contribution in [-0.4, -0.2) is 32.5 Å². The highest BCUT2D eigenvalue weighted by molar-refractivity contribution is 7.99. The summed E-state index contributed by atoms with van der Waals surface area (Å²) in [6, 6.07) is 15.1. The first kappa shape index (κ1) is 21.7. The Bertz CT molecular complexity index is 1020. The van der Waals surface area contributed by atoms with Crippen molar-refractivity contribution in [1.82, 2.24) is 14.8 Å². The minimum absolute atomic E-state index is 0.104. The van der Waals surface area contributed by atoms with Crippen molar-refractivity contribution < 1.29 is 9.53 Å². The number of hydrogen-bond donors (Lipinski definition) is 1. The number of halogens is 1. The highest BCUT2D eigenvalue weighted by Crippen LogP contribution is 2.28. The lowest BCUT2D eigenvalue weighted by Gasteiger charge is -2.13. The maximum atomic E-state index is 12.3. The van der Waals surface area contributed by atoms with Crippen molar-refractivity contribution in [2.24, 2.45) is 0 Å². The van der Waals surface area contributed by atoms with Crippen LogP contribution >= 0.6 is 23.4 Å². The van der Waals surface area contributed by atoms with Crippen molar-refractivity contribution in [2.75, 3.05) is 11.1 Å². The van der Waals surface area contributed by atoms with Crippen LogP contribution in [-0.2, 0) is 11.3 Å². The predicted molar refractivity (Wildman–Crippen MR) is 125 cm³/mol. The van der Waals surface area contributed by atoms with Gasteiger partial charge >= 0.3 is 0 Å². The van der Waals surface area contributed by atoms with Gasteiger partial charge in [-0.2, -0.15) is 0 Å². The molecule has 0 unspecified atom stereocenters. The lowest BCUT2D eigenvalue weighted by atomic mass is 10.2. The number of hydrogen-bond acceptors (Lipinski definition) is 5. The first-order chi connectivity index (χ1) is 15.1. The first-order valence-corrected chi connectivity index (χ1v) is 11.9. The van der Waals surface area contributed by atoms with Gasteiger partial charge in [0.15, 0.2) is 11.0 Å². The van der Waals surface area contributed by atoms with Crippen molar-refractivity contribution in [3.8, 4) is 17.1 Å². The Hall–Kier alpha value is -2.51. The molecule has 4 rings (SSSR count). The molecule has 1 saturated carbocycles. The van der Waals surface area contributed by atoms with Crippen molar-refractivity contribution in [3.05, 3.63) is 53.6 Å². The Kier molecular flexibility index (Phi) is 7.14. The molecular weight excluding hydrogens is 432 g/mol. The molecule has 1 aliphatic carbocycles. The van der Waals surface area contributed by atoms with Gasteiger partial charge in [-0.1, -0.05) is 23.4 Å². The Morgan fingerprint density at radius 2 is 1.84 bits per heavy atom. The number of aromatic nitrogens is 3. The summed E-state index contributed by atoms with van der Waals surface area (Å²) in [6.07, 6.45) is 5.11. The molecule has 162 valence electrons. The van der Waals surface area contributed by atoms with Gasteiger partial charge in [-0.15, -0.1) is 10.2 Å². The van der Waals surface area contributed by atoms with E-state index in [0.29, 0.717) is 23.4 Å². The molecule has 0 bridgehead atoms. The maximum absolute atomic E-state index is 12.3. The van der Waals surface area contributed by atoms with E-state index in [0.717, 1.165) is 35.1 Å². The van der Waals surface area contributed by atoms with Crippen LogP contribution < -0.4 is 10.1 Å². The molecule has 0 saturated heterocycles. The molecule has 1 N–H and O–H groups in total. The summed E-state index contributed by atoms with van der Waals surface area (Å²) in [6.45, 7) is 2.76. The topological polar surface area (TPSA) is 69.0 Å². The largest absolute Gasteiger partial charge is 0.490 e. The summed E-state index contributed by atoms with van der Waals surface area (Å²) >= 11 is 7.25. The van der Waals surface area contributed by atoms with Crippen LogP contribution in [0.1, 0.15) is 32.6 Å². The Morgan fingerprint density at radius 3 is 2.52 bits per heavy atom. The third kappa shape index (κ3) is 5.60. The van der Waals surface area contributed by atoms with Gasteiger partial charge < -0.3 is 14.6 Å². The normalized spacial score (nSPS) is 14.0. The lowest BCUT2D eigenvalue weighted by molar-refractivity contribution is -0.113. The predicted octanol–water partition coefficient (Wildman–Crippen LogP) is 5.67. The molecule has 1 fully saturated rings. The number of rotatable bonds is 8. The fraction of sp³-hybridized carbons (Fsp3) is 0.348. The Morgan fingerprint density at radius 1 is 1.13 bits per heavy atom. The van der Waals surface area contributed by atoms with Gasteiger partial charge in [-0.05, 0) is 81.1 Å². The monoisotopic (exact) mass is 456 g/mol. The van der Waals surface area contributed by atoms with E-state index >= 15 is 0 Å². The molecule has 3 aromatic rings. The molecule has 0 aliphatic heterocycles. The standard InChI is InChI=1S/C23H25ClN4O2S/c1-2-28-22(16-7-13-20(14-8-16)30-19-5-3-4-6-19)26-27-23(28)31-15-21(29)25-18-11-9-17(24)10-12-18/h7-14,19H,2-6,15H2,1H3,(H,25,29). The number of amides is 1. The molecule has 1 aliphatic rings. The number of nitrogens with one attached hydrogen (secondary N) is 1. The summed E-state index contributed by atoms with van der Waals surface area (Å²) in [5.74, 6) is 1.82. The Labute approximate surface area is 191 Å². The van der Waals surface area contributed by atoms with Crippen LogP contribution in [0.4, 0.5) is 5.69 Å². The number of nitrogens with zero attached hydrogens (tertiary/aromatic N) is 3. The summed E-state index contributed by atoms with van der Waals surface area (Å²) < 4.78 is 8.07. The van der Waals surface area contributed by atoms with Crippen LogP contribution in [0.3, 0.4) is 0 Å². The minimum Gasteiger partial charge on any atom is -0.490 e. The molecule has 2 aromatic carbocycles. The second-order valence-electron chi connectivity index (χ2n) is 7.44. The van der Waals surface area contributed by atoms with Crippen molar-refractivity contribution >= 4 is 35.0 Å². The average molecular weight is 457 g/mol. The summed E-state index contributed by atoms with van der Waals surface area (Å²) in [5.41, 5.74) is 1.69. The molecule has 0 spiro atoms. The SMILES string of the molecule is CCn1c(SCC(=O)Nc2ccc(Cl)cc2)nnc1-c1ccc(OC2CCCC2)cc1. The summed E-state index contributed by atoms with van der Waals surface area (Å²) in [7, 11) is 0. The van der Waals surface area contributed by atoms with Gasteiger partial charge in [-0.3, -0.25) is 4.79 Å². The van der Waals surface area contributed by atoms with Crippen LogP contribution in [0.15, 0.2) is 53.7 Å². The van der Waals surface area contributed by atoms with Crippen LogP contribution in [0.5, 0.6) is 5.75 Å². The zero-order valence-electron chi connectivity index (χ0n) is 17.4. The fourth-order valence-corrected chi connectivity index (χ4v) is 4.56. The molecule has 0 atom stereocenters. The molecule has 8 heteroatoms. The van der Waals surface area contributed by atoms with Gasteiger partial charge in [0.2, 0.25) is 5.91 Å². The van der Waals surface area contributed by atoms with Crippen molar-refractivity contribution in [1.29, 1.82) is 0 Å². The molecular formula is C23H25ClN4O2S. The number of ether oxygens (including phenoxy) is 1. The van der Waals surface area contributed by atoms with Gasteiger partial charge in [0.25, 0.3) is 0 Å². The van der Waals surface area contributed by atoms with E-state index in [-0.39, 0.29) is 11.7 Å². The fourth-order valence-electron chi connectivity index (χ4n) is 3.64. The van der Waals surface area contributed by atoms with E-state index in [2.05, 4.69) is 15.5 Å². The third-order valence-corrected chi connectivity index (χ3v) is 6.43. The van der Waals surface area contributed by atoms with Crippen LogP contribution in [0.2, 0.25) is 5.02 Å². The van der Waals surface area contributed by atoms with Gasteiger partial charge in [0.1, 0.15) is 5.75 Å². The highest BCUT2D eigenvalue weighted by Gasteiger charge is 2.18.